The molecule has 1 fully saturated rings. The van der Waals surface area contributed by atoms with Crippen LogP contribution < -0.4 is 15.0 Å². The molecule has 0 unspecified atom stereocenters. The number of nitrogens with one attached hydrogen (secondary N) is 1. The van der Waals surface area contributed by atoms with E-state index in [9.17, 15) is 14.4 Å². The lowest BCUT2D eigenvalue weighted by Crippen LogP contribution is -2.51. The maximum Gasteiger partial charge on any atom is 0.408 e. The fourth-order valence-electron chi connectivity index (χ4n) is 3.88. The summed E-state index contributed by atoms with van der Waals surface area (Å²) in [5, 5.41) is 2.60. The molecule has 9 heteroatoms. The van der Waals surface area contributed by atoms with E-state index in [0.717, 1.165) is 17.0 Å². The normalized spacial score (nSPS) is 15.0. The SMILES string of the molecule is CC[C@H](C)[C@@H](NC(=O)OCc1ccccc1)C(=O)OCC(=O)N1CCN(c2ccc(OC)cc2)CC1. The second kappa shape index (κ2) is 13.4. The number of alkyl carbamates (subject to hydrolysis) is 1. The summed E-state index contributed by atoms with van der Waals surface area (Å²) in [6.45, 7) is 5.89. The van der Waals surface area contributed by atoms with Gasteiger partial charge in [0.25, 0.3) is 5.91 Å². The van der Waals surface area contributed by atoms with Gasteiger partial charge in [0.05, 0.1) is 7.11 Å². The zero-order chi connectivity index (χ0) is 25.9. The number of esters is 1. The molecule has 0 aromatic heterocycles. The third-order valence-corrected chi connectivity index (χ3v) is 6.36. The number of amides is 2. The van der Waals surface area contributed by atoms with Crippen molar-refractivity contribution in [1.82, 2.24) is 10.2 Å². The molecule has 2 aromatic carbocycles. The van der Waals surface area contributed by atoms with Gasteiger partial charge in [-0.05, 0) is 35.7 Å². The van der Waals surface area contributed by atoms with Crippen LogP contribution in [-0.2, 0) is 25.7 Å². The molecule has 1 aliphatic heterocycles. The van der Waals surface area contributed by atoms with Crippen LogP contribution in [0.25, 0.3) is 0 Å². The Kier molecular flexibility index (Phi) is 9.97. The zero-order valence-electron chi connectivity index (χ0n) is 21.1. The minimum atomic E-state index is -0.905. The van der Waals surface area contributed by atoms with Gasteiger partial charge >= 0.3 is 12.1 Å². The Balaban J connectivity index is 1.45. The first-order valence-corrected chi connectivity index (χ1v) is 12.2. The van der Waals surface area contributed by atoms with Gasteiger partial charge in [0, 0.05) is 31.9 Å². The highest BCUT2D eigenvalue weighted by molar-refractivity contribution is 5.85. The van der Waals surface area contributed by atoms with Crippen LogP contribution in [0.2, 0.25) is 0 Å². The van der Waals surface area contributed by atoms with Crippen LogP contribution >= 0.6 is 0 Å². The second-order valence-electron chi connectivity index (χ2n) is 8.74. The molecule has 0 aliphatic carbocycles. The highest BCUT2D eigenvalue weighted by atomic mass is 16.6. The van der Waals surface area contributed by atoms with Crippen molar-refractivity contribution in [3.05, 3.63) is 60.2 Å². The largest absolute Gasteiger partial charge is 0.497 e. The van der Waals surface area contributed by atoms with Gasteiger partial charge in [0.1, 0.15) is 18.4 Å². The summed E-state index contributed by atoms with van der Waals surface area (Å²) in [7, 11) is 1.63. The molecular weight excluding hydrogens is 462 g/mol. The van der Waals surface area contributed by atoms with Crippen LogP contribution in [0.1, 0.15) is 25.8 Å². The number of ether oxygens (including phenoxy) is 3. The number of rotatable bonds is 10. The lowest BCUT2D eigenvalue weighted by atomic mass is 9.99. The lowest BCUT2D eigenvalue weighted by Gasteiger charge is -2.36. The average molecular weight is 498 g/mol. The molecule has 36 heavy (non-hydrogen) atoms. The van der Waals surface area contributed by atoms with Crippen LogP contribution in [-0.4, -0.2) is 68.8 Å². The van der Waals surface area contributed by atoms with E-state index >= 15 is 0 Å². The van der Waals surface area contributed by atoms with Crippen LogP contribution in [0.5, 0.6) is 5.75 Å². The molecule has 2 aromatic rings. The number of hydrogen-bond acceptors (Lipinski definition) is 7. The highest BCUT2D eigenvalue weighted by Gasteiger charge is 2.29. The van der Waals surface area contributed by atoms with Gasteiger partial charge in [-0.1, -0.05) is 50.6 Å². The summed E-state index contributed by atoms with van der Waals surface area (Å²) in [4.78, 5) is 41.6. The van der Waals surface area contributed by atoms with Crippen LogP contribution in [0.4, 0.5) is 10.5 Å². The van der Waals surface area contributed by atoms with E-state index in [0.29, 0.717) is 32.6 Å². The van der Waals surface area contributed by atoms with Gasteiger partial charge in [0.2, 0.25) is 0 Å². The Morgan fingerprint density at radius 3 is 2.22 bits per heavy atom. The molecule has 194 valence electrons. The number of hydrogen-bond donors (Lipinski definition) is 1. The molecule has 1 aliphatic rings. The first-order chi connectivity index (χ1) is 17.4. The quantitative estimate of drug-likeness (QED) is 0.504. The van der Waals surface area contributed by atoms with Crippen LogP contribution in [0, 0.1) is 5.92 Å². The summed E-state index contributed by atoms with van der Waals surface area (Å²) in [5.41, 5.74) is 1.91. The summed E-state index contributed by atoms with van der Waals surface area (Å²) in [6.07, 6.45) is -0.0675. The van der Waals surface area contributed by atoms with Gasteiger partial charge in [-0.3, -0.25) is 4.79 Å². The van der Waals surface area contributed by atoms with Gasteiger partial charge < -0.3 is 29.3 Å². The fraction of sp³-hybridized carbons (Fsp3) is 0.444. The van der Waals surface area contributed by atoms with E-state index in [1.165, 1.54) is 0 Å². The summed E-state index contributed by atoms with van der Waals surface area (Å²) in [6, 6.07) is 16.2. The van der Waals surface area contributed by atoms with Crippen molar-refractivity contribution in [2.45, 2.75) is 32.9 Å². The maximum atomic E-state index is 12.7. The summed E-state index contributed by atoms with van der Waals surface area (Å²) < 4.78 is 15.8. The molecule has 2 amide bonds. The van der Waals surface area contributed by atoms with Gasteiger partial charge in [-0.2, -0.15) is 0 Å². The molecule has 0 spiro atoms. The van der Waals surface area contributed by atoms with E-state index < -0.39 is 18.1 Å². The molecule has 1 heterocycles. The summed E-state index contributed by atoms with van der Waals surface area (Å²) >= 11 is 0. The number of methoxy groups -OCH3 is 1. The van der Waals surface area contributed by atoms with Gasteiger partial charge in [-0.15, -0.1) is 0 Å². The van der Waals surface area contributed by atoms with E-state index in [1.807, 2.05) is 68.4 Å². The Labute approximate surface area is 212 Å². The number of piperazine rings is 1. The molecule has 2 atom stereocenters. The van der Waals surface area contributed by atoms with E-state index in [4.69, 9.17) is 14.2 Å². The molecule has 0 saturated carbocycles. The molecule has 1 N–H and O–H groups in total. The number of benzene rings is 2. The van der Waals surface area contributed by atoms with Gasteiger partial charge in [0.15, 0.2) is 6.61 Å². The van der Waals surface area contributed by atoms with Gasteiger partial charge in [-0.25, -0.2) is 9.59 Å². The van der Waals surface area contributed by atoms with Crippen molar-refractivity contribution in [3.63, 3.8) is 0 Å². The third-order valence-electron chi connectivity index (χ3n) is 6.36. The van der Waals surface area contributed by atoms with E-state index in [1.54, 1.807) is 12.0 Å². The van der Waals surface area contributed by atoms with Crippen molar-refractivity contribution >= 4 is 23.7 Å². The highest BCUT2D eigenvalue weighted by Crippen LogP contribution is 2.20. The minimum absolute atomic E-state index is 0.0932. The zero-order valence-corrected chi connectivity index (χ0v) is 21.1. The Hall–Kier alpha value is -3.75. The van der Waals surface area contributed by atoms with Crippen molar-refractivity contribution in [2.75, 3.05) is 44.8 Å². The average Bonchev–Trinajstić information content (AvgIpc) is 2.93. The molecule has 3 rings (SSSR count). The monoisotopic (exact) mass is 497 g/mol. The Morgan fingerprint density at radius 1 is 0.944 bits per heavy atom. The van der Waals surface area contributed by atoms with Crippen molar-refractivity contribution in [1.29, 1.82) is 0 Å². The standard InChI is InChI=1S/C27H35N3O6/c1-4-20(2)25(28-27(33)36-18-21-8-6-5-7-9-21)26(32)35-19-24(31)30-16-14-29(15-17-30)22-10-12-23(34-3)13-11-22/h5-13,20,25H,4,14-19H2,1-3H3,(H,28,33)/t20-,25+/m0/s1. The first-order valence-electron chi connectivity index (χ1n) is 12.2. The van der Waals surface area contributed by atoms with E-state index in [2.05, 4.69) is 10.2 Å². The number of nitrogens with zero attached hydrogens (tertiary/aromatic N) is 2. The molecule has 0 bridgehead atoms. The summed E-state index contributed by atoms with van der Waals surface area (Å²) in [5.74, 6) is -0.299. The molecule has 0 radical (unpaired) electrons. The fourth-order valence-corrected chi connectivity index (χ4v) is 3.88. The Bertz CT molecular complexity index is 990. The van der Waals surface area contributed by atoms with Crippen molar-refractivity contribution in [3.8, 4) is 5.75 Å². The maximum absolute atomic E-state index is 12.7. The number of carbonyl (C=O) groups excluding carboxylic acids is 3. The van der Waals surface area contributed by atoms with Crippen LogP contribution in [0.15, 0.2) is 54.6 Å². The first kappa shape index (κ1) is 26.8. The van der Waals surface area contributed by atoms with Crippen molar-refractivity contribution in [2.24, 2.45) is 5.92 Å². The predicted molar refractivity (Wildman–Crippen MR) is 136 cm³/mol. The van der Waals surface area contributed by atoms with E-state index in [-0.39, 0.29) is 25.0 Å². The smallest absolute Gasteiger partial charge is 0.408 e. The number of carbonyl (C=O) groups is 3. The predicted octanol–water partition coefficient (Wildman–Crippen LogP) is 3.23. The molecule has 1 saturated heterocycles. The number of anilines is 1. The third kappa shape index (κ3) is 7.63. The topological polar surface area (TPSA) is 97.4 Å². The lowest BCUT2D eigenvalue weighted by molar-refractivity contribution is -0.154. The second-order valence-corrected chi connectivity index (χ2v) is 8.74. The Morgan fingerprint density at radius 2 is 1.61 bits per heavy atom. The van der Waals surface area contributed by atoms with Crippen LogP contribution in [0.3, 0.4) is 0 Å². The molecular formula is C27H35N3O6. The minimum Gasteiger partial charge on any atom is -0.497 e. The molecule has 9 nitrogen and oxygen atoms in total. The van der Waals surface area contributed by atoms with Crippen molar-refractivity contribution < 1.29 is 28.6 Å².